The number of aliphatic hydroxyl groups excluding tert-OH is 2. The second-order valence-corrected chi connectivity index (χ2v) is 12.3. The minimum atomic E-state index is -4.04. The molecule has 3 heterocycles. The van der Waals surface area contributed by atoms with Crippen molar-refractivity contribution >= 4 is 19.1 Å². The number of hydrogen-bond donors (Lipinski definition) is 4. The zero-order chi connectivity index (χ0) is 29.1. The molecule has 1 saturated heterocycles. The Morgan fingerprint density at radius 1 is 1.25 bits per heavy atom. The lowest BCUT2D eigenvalue weighted by Gasteiger charge is -2.33. The number of nitrogens with zero attached hydrogens (tertiary/aromatic N) is 4. The molecular formula is C27H37N6O6P. The van der Waals surface area contributed by atoms with Crippen LogP contribution in [-0.2, 0) is 19.4 Å². The van der Waals surface area contributed by atoms with Gasteiger partial charge in [-0.15, -0.1) is 0 Å². The van der Waals surface area contributed by atoms with E-state index in [9.17, 15) is 20.0 Å². The first-order valence-electron chi connectivity index (χ1n) is 13.3. The van der Waals surface area contributed by atoms with E-state index >= 15 is 0 Å². The fourth-order valence-electron chi connectivity index (χ4n) is 5.14. The van der Waals surface area contributed by atoms with Crippen molar-refractivity contribution in [2.45, 2.75) is 76.4 Å². The van der Waals surface area contributed by atoms with Crippen LogP contribution in [0.25, 0.3) is 5.52 Å². The predicted molar refractivity (Wildman–Crippen MR) is 148 cm³/mol. The Morgan fingerprint density at radius 2 is 1.95 bits per heavy atom. The van der Waals surface area contributed by atoms with Crippen molar-refractivity contribution in [3.05, 3.63) is 54.5 Å². The molecule has 3 aromatic rings. The highest BCUT2D eigenvalue weighted by atomic mass is 31.2. The number of hydrogen-bond acceptors (Lipinski definition) is 10. The van der Waals surface area contributed by atoms with Crippen LogP contribution >= 0.6 is 7.75 Å². The molecule has 0 amide bonds. The molecule has 12 nitrogen and oxygen atoms in total. The van der Waals surface area contributed by atoms with Gasteiger partial charge in [0.2, 0.25) is 5.60 Å². The van der Waals surface area contributed by atoms with E-state index in [-0.39, 0.29) is 11.5 Å². The van der Waals surface area contributed by atoms with E-state index in [0.29, 0.717) is 17.2 Å². The largest absolute Gasteiger partial charge is 0.459 e. The minimum Gasteiger partial charge on any atom is -0.413 e. The topological polar surface area (TPSA) is 177 Å². The third-order valence-corrected chi connectivity index (χ3v) is 9.08. The highest BCUT2D eigenvalue weighted by Crippen LogP contribution is 2.49. The van der Waals surface area contributed by atoms with E-state index in [1.54, 1.807) is 36.4 Å². The molecule has 13 heteroatoms. The second kappa shape index (κ2) is 11.8. The SMILES string of the molecule is CCC(CC)CC(C)(C)N[P@](=O)(OC[C@H]1O[C@@](C#N)(c2ccc3c(N)ncnn23)[C@H](O)[C@@H]1O)Oc1ccccc1. The standard InChI is InChI=1S/C27H37N6O6P/c1-5-18(6-2)14-26(3,4)32-40(36,39-19-10-8-7-9-11-19)37-15-21-23(34)24(35)27(16-28,38-21)22-13-12-20-25(29)30-17-31-33(20)22/h7-13,17-18,21,23-24,34-35H,5-6,14-15H2,1-4H3,(H,32,36)(H2,29,30,31)/t21-,23-,24-,27+,40+/m1/s1. The summed E-state index contributed by atoms with van der Waals surface area (Å²) in [6.45, 7) is 7.63. The summed E-state index contributed by atoms with van der Waals surface area (Å²) in [5.74, 6) is 0.894. The molecule has 0 bridgehead atoms. The summed E-state index contributed by atoms with van der Waals surface area (Å²) in [7, 11) is -4.04. The molecule has 1 fully saturated rings. The number of rotatable bonds is 12. The van der Waals surface area contributed by atoms with Crippen LogP contribution < -0.4 is 15.3 Å². The predicted octanol–water partition coefficient (Wildman–Crippen LogP) is 3.55. The Morgan fingerprint density at radius 3 is 2.60 bits per heavy atom. The van der Waals surface area contributed by atoms with Crippen molar-refractivity contribution in [3.63, 3.8) is 0 Å². The molecule has 40 heavy (non-hydrogen) atoms. The molecule has 2 aromatic heterocycles. The monoisotopic (exact) mass is 572 g/mol. The maximum absolute atomic E-state index is 14.1. The van der Waals surface area contributed by atoms with E-state index in [1.165, 1.54) is 16.9 Å². The Kier molecular flexibility index (Phi) is 8.85. The van der Waals surface area contributed by atoms with Crippen LogP contribution in [0.1, 0.15) is 52.7 Å². The second-order valence-electron chi connectivity index (χ2n) is 10.7. The first kappa shape index (κ1) is 29.9. The number of benzene rings is 1. The van der Waals surface area contributed by atoms with E-state index < -0.39 is 43.8 Å². The maximum atomic E-state index is 14.1. The van der Waals surface area contributed by atoms with Crippen LogP contribution in [0.3, 0.4) is 0 Å². The van der Waals surface area contributed by atoms with Gasteiger partial charge in [0.25, 0.3) is 0 Å². The lowest BCUT2D eigenvalue weighted by atomic mass is 9.88. The van der Waals surface area contributed by atoms with Crippen LogP contribution in [0.5, 0.6) is 5.75 Å². The van der Waals surface area contributed by atoms with Gasteiger partial charge in [0.1, 0.15) is 42.0 Å². The summed E-state index contributed by atoms with van der Waals surface area (Å²) < 4.78 is 33.1. The van der Waals surface area contributed by atoms with Crippen molar-refractivity contribution in [3.8, 4) is 11.8 Å². The molecule has 5 atom stereocenters. The normalized spacial score (nSPS) is 24.7. The zero-order valence-corrected chi connectivity index (χ0v) is 24.0. The van der Waals surface area contributed by atoms with Gasteiger partial charge in [-0.05, 0) is 50.5 Å². The molecule has 0 radical (unpaired) electrons. The van der Waals surface area contributed by atoms with E-state index in [0.717, 1.165) is 19.3 Å². The van der Waals surface area contributed by atoms with Crippen molar-refractivity contribution < 1.29 is 28.6 Å². The molecule has 1 aliphatic heterocycles. The van der Waals surface area contributed by atoms with Gasteiger partial charge in [-0.3, -0.25) is 4.52 Å². The quantitative estimate of drug-likeness (QED) is 0.233. The summed E-state index contributed by atoms with van der Waals surface area (Å²) in [5, 5.41) is 39.3. The number of nitrogens with two attached hydrogens (primary N) is 1. The summed E-state index contributed by atoms with van der Waals surface area (Å²) in [4.78, 5) is 3.93. The fraction of sp³-hybridized carbons (Fsp3) is 0.519. The van der Waals surface area contributed by atoms with Gasteiger partial charge >= 0.3 is 7.75 Å². The van der Waals surface area contributed by atoms with Gasteiger partial charge in [0, 0.05) is 5.54 Å². The molecule has 0 unspecified atom stereocenters. The Bertz CT molecular complexity index is 1390. The summed E-state index contributed by atoms with van der Waals surface area (Å²) in [6.07, 6.45) is -0.587. The average Bonchev–Trinajstić information content (AvgIpc) is 3.47. The highest BCUT2D eigenvalue weighted by molar-refractivity contribution is 7.52. The number of nitrogens with one attached hydrogen (secondary N) is 1. The molecule has 4 rings (SSSR count). The molecule has 1 aromatic carbocycles. The van der Waals surface area contributed by atoms with Gasteiger partial charge in [-0.1, -0.05) is 44.9 Å². The molecule has 1 aliphatic rings. The third-order valence-electron chi connectivity index (χ3n) is 7.26. The highest BCUT2D eigenvalue weighted by Gasteiger charge is 2.58. The number of fused-ring (bicyclic) bond motifs is 1. The van der Waals surface area contributed by atoms with Crippen molar-refractivity contribution in [2.24, 2.45) is 5.92 Å². The zero-order valence-electron chi connectivity index (χ0n) is 23.1. The number of aliphatic hydroxyl groups is 2. The number of nitriles is 1. The smallest absolute Gasteiger partial charge is 0.413 e. The molecule has 0 spiro atoms. The molecular weight excluding hydrogens is 535 g/mol. The van der Waals surface area contributed by atoms with Crippen LogP contribution in [0.2, 0.25) is 0 Å². The minimum absolute atomic E-state index is 0.154. The van der Waals surface area contributed by atoms with Gasteiger partial charge in [0.15, 0.2) is 5.82 Å². The lowest BCUT2D eigenvalue weighted by molar-refractivity contribution is -0.0622. The van der Waals surface area contributed by atoms with Gasteiger partial charge in [-0.2, -0.15) is 10.4 Å². The summed E-state index contributed by atoms with van der Waals surface area (Å²) >= 11 is 0. The first-order valence-corrected chi connectivity index (χ1v) is 14.8. The molecule has 216 valence electrons. The lowest BCUT2D eigenvalue weighted by Crippen LogP contribution is -2.41. The van der Waals surface area contributed by atoms with Gasteiger partial charge < -0.3 is 25.2 Å². The number of nitrogen functional groups attached to an aromatic ring is 1. The van der Waals surface area contributed by atoms with Crippen LogP contribution in [0.4, 0.5) is 5.82 Å². The van der Waals surface area contributed by atoms with Gasteiger partial charge in [-0.25, -0.2) is 19.2 Å². The number of aromatic nitrogens is 3. The van der Waals surface area contributed by atoms with Crippen molar-refractivity contribution in [2.75, 3.05) is 12.3 Å². The van der Waals surface area contributed by atoms with Crippen molar-refractivity contribution in [1.29, 1.82) is 5.26 Å². The van der Waals surface area contributed by atoms with Gasteiger partial charge in [0.05, 0.1) is 12.3 Å². The van der Waals surface area contributed by atoms with Crippen LogP contribution in [0.15, 0.2) is 48.8 Å². The van der Waals surface area contributed by atoms with E-state index in [1.807, 2.05) is 19.9 Å². The average molecular weight is 573 g/mol. The van der Waals surface area contributed by atoms with Crippen LogP contribution in [0, 0.1) is 17.2 Å². The molecule has 5 N–H and O–H groups in total. The Balaban J connectivity index is 1.59. The van der Waals surface area contributed by atoms with Crippen molar-refractivity contribution in [1.82, 2.24) is 19.7 Å². The van der Waals surface area contributed by atoms with E-state index in [2.05, 4.69) is 29.0 Å². The Labute approximate surface area is 233 Å². The number of para-hydroxylation sites is 1. The fourth-order valence-corrected chi connectivity index (χ4v) is 6.88. The molecule has 0 saturated carbocycles. The Hall–Kier alpha value is -3.04. The maximum Gasteiger partial charge on any atom is 0.459 e. The third kappa shape index (κ3) is 6.00. The first-order chi connectivity index (χ1) is 19.0. The van der Waals surface area contributed by atoms with E-state index in [4.69, 9.17) is 19.5 Å². The molecule has 0 aliphatic carbocycles. The number of ether oxygens (including phenoxy) is 1. The van der Waals surface area contributed by atoms with Crippen LogP contribution in [-0.4, -0.2) is 55.3 Å². The summed E-state index contributed by atoms with van der Waals surface area (Å²) in [5.41, 5.74) is 3.84. The summed E-state index contributed by atoms with van der Waals surface area (Å²) in [6, 6.07) is 13.7. The number of anilines is 1.